The van der Waals surface area contributed by atoms with Gasteiger partial charge in [-0.1, -0.05) is 5.21 Å². The molecule has 0 aliphatic carbocycles. The molecular formula is C24H19BrF3N9O2. The van der Waals surface area contributed by atoms with Crippen LogP contribution in [0.15, 0.2) is 47.2 Å². The van der Waals surface area contributed by atoms with E-state index >= 15 is 0 Å². The molecule has 11 nitrogen and oxygen atoms in total. The van der Waals surface area contributed by atoms with Gasteiger partial charge in [-0.3, -0.25) is 9.59 Å². The van der Waals surface area contributed by atoms with E-state index in [4.69, 9.17) is 0 Å². The fraction of sp³-hybridized carbons (Fsp3) is 0.208. The summed E-state index contributed by atoms with van der Waals surface area (Å²) in [6, 6.07) is 9.59. The summed E-state index contributed by atoms with van der Waals surface area (Å²) >= 11 is 3.37. The van der Waals surface area contributed by atoms with E-state index in [1.165, 1.54) is 29.1 Å². The molecule has 0 unspecified atom stereocenters. The first-order chi connectivity index (χ1) is 18.5. The van der Waals surface area contributed by atoms with Crippen molar-refractivity contribution in [1.29, 1.82) is 5.26 Å². The Hall–Kier alpha value is -4.58. The Morgan fingerprint density at radius 3 is 2.62 bits per heavy atom. The van der Waals surface area contributed by atoms with E-state index in [9.17, 15) is 28.0 Å². The van der Waals surface area contributed by atoms with E-state index in [0.29, 0.717) is 16.6 Å². The van der Waals surface area contributed by atoms with Crippen LogP contribution in [0.5, 0.6) is 0 Å². The second-order valence-electron chi connectivity index (χ2n) is 8.18. The van der Waals surface area contributed by atoms with Gasteiger partial charge in [-0.2, -0.15) is 23.5 Å². The van der Waals surface area contributed by atoms with E-state index in [1.54, 1.807) is 26.0 Å². The van der Waals surface area contributed by atoms with Crippen LogP contribution in [0.1, 0.15) is 50.3 Å². The number of carbonyl (C=O) groups excluding carboxylic acids is 2. The molecule has 2 amide bonds. The van der Waals surface area contributed by atoms with Gasteiger partial charge < -0.3 is 10.6 Å². The molecule has 0 spiro atoms. The highest BCUT2D eigenvalue weighted by molar-refractivity contribution is 9.10. The SMILES string of the molecule is CCNC(=O)c1cc(C#N)cc(C)c1NC(=O)c1cc(Cn2cc(C(F)(F)F)nn2)nn1-c1ncccc1Br. The van der Waals surface area contributed by atoms with Gasteiger partial charge in [0, 0.05) is 12.7 Å². The number of aromatic nitrogens is 6. The molecule has 0 radical (unpaired) electrons. The molecule has 4 rings (SSSR count). The summed E-state index contributed by atoms with van der Waals surface area (Å²) in [6.45, 7) is 3.47. The van der Waals surface area contributed by atoms with Crippen molar-refractivity contribution < 1.29 is 22.8 Å². The third-order valence-electron chi connectivity index (χ3n) is 5.37. The summed E-state index contributed by atoms with van der Waals surface area (Å²) < 4.78 is 41.5. The third kappa shape index (κ3) is 5.96. The lowest BCUT2D eigenvalue weighted by atomic mass is 10.0. The smallest absolute Gasteiger partial charge is 0.352 e. The van der Waals surface area contributed by atoms with Crippen molar-refractivity contribution in [2.45, 2.75) is 26.6 Å². The van der Waals surface area contributed by atoms with Crippen molar-refractivity contribution in [1.82, 2.24) is 35.1 Å². The molecule has 0 saturated heterocycles. The molecule has 15 heteroatoms. The molecule has 0 fully saturated rings. The van der Waals surface area contributed by atoms with Crippen LogP contribution in [0, 0.1) is 18.3 Å². The largest absolute Gasteiger partial charge is 0.436 e. The van der Waals surface area contributed by atoms with Gasteiger partial charge in [0.05, 0.1) is 45.8 Å². The number of anilines is 1. The zero-order valence-corrected chi connectivity index (χ0v) is 22.0. The maximum Gasteiger partial charge on any atom is 0.436 e. The van der Waals surface area contributed by atoms with Gasteiger partial charge in [-0.25, -0.2) is 14.3 Å². The van der Waals surface area contributed by atoms with E-state index in [2.05, 4.69) is 47.0 Å². The number of nitrogens with zero attached hydrogens (tertiary/aromatic N) is 7. The molecule has 0 bridgehead atoms. The molecule has 3 heterocycles. The molecule has 0 aliphatic heterocycles. The van der Waals surface area contributed by atoms with Crippen molar-refractivity contribution in [2.75, 3.05) is 11.9 Å². The Morgan fingerprint density at radius 2 is 1.97 bits per heavy atom. The zero-order valence-electron chi connectivity index (χ0n) is 20.4. The van der Waals surface area contributed by atoms with Crippen LogP contribution in [-0.2, 0) is 12.7 Å². The van der Waals surface area contributed by atoms with Gasteiger partial charge in [0.1, 0.15) is 5.69 Å². The Bertz CT molecular complexity index is 1610. The van der Waals surface area contributed by atoms with E-state index in [-0.39, 0.29) is 40.6 Å². The van der Waals surface area contributed by atoms with Crippen molar-refractivity contribution in [3.8, 4) is 11.9 Å². The number of hydrogen-bond acceptors (Lipinski definition) is 7. The van der Waals surface area contributed by atoms with Crippen molar-refractivity contribution in [3.63, 3.8) is 0 Å². The summed E-state index contributed by atoms with van der Waals surface area (Å²) in [4.78, 5) is 30.5. The topological polar surface area (TPSA) is 143 Å². The molecule has 0 aliphatic rings. The molecule has 0 atom stereocenters. The molecule has 3 aromatic heterocycles. The van der Waals surface area contributed by atoms with Crippen LogP contribution in [0.25, 0.3) is 5.82 Å². The van der Waals surface area contributed by atoms with Gasteiger partial charge in [0.15, 0.2) is 11.5 Å². The highest BCUT2D eigenvalue weighted by atomic mass is 79.9. The minimum absolute atomic E-state index is 0.0221. The van der Waals surface area contributed by atoms with E-state index in [0.717, 1.165) is 10.9 Å². The van der Waals surface area contributed by atoms with Crippen molar-refractivity contribution >= 4 is 33.4 Å². The van der Waals surface area contributed by atoms with Crippen LogP contribution in [-0.4, -0.2) is 48.1 Å². The van der Waals surface area contributed by atoms with Gasteiger partial charge in [-0.05, 0) is 65.7 Å². The number of nitriles is 1. The lowest BCUT2D eigenvalue weighted by Gasteiger charge is -2.15. The molecule has 39 heavy (non-hydrogen) atoms. The number of nitrogens with one attached hydrogen (secondary N) is 2. The standard InChI is InChI=1S/C24H19BrF3N9O2/c1-3-30-22(38)16-8-14(10-29)7-13(2)20(16)32-23(39)18-9-15(11-36-12-19(33-35-36)24(26,27)28)34-37(18)21-17(25)5-4-6-31-21/h4-9,12H,3,11H2,1-2H3,(H,30,38)(H,32,39). The van der Waals surface area contributed by atoms with Gasteiger partial charge in [0.25, 0.3) is 11.8 Å². The van der Waals surface area contributed by atoms with Gasteiger partial charge in [0.2, 0.25) is 0 Å². The third-order valence-corrected chi connectivity index (χ3v) is 5.99. The van der Waals surface area contributed by atoms with Gasteiger partial charge in [-0.15, -0.1) is 5.10 Å². The second-order valence-corrected chi connectivity index (χ2v) is 9.04. The first-order valence-corrected chi connectivity index (χ1v) is 12.1. The first kappa shape index (κ1) is 27.5. The number of benzene rings is 1. The molecule has 4 aromatic rings. The highest BCUT2D eigenvalue weighted by Gasteiger charge is 2.34. The molecule has 2 N–H and O–H groups in total. The number of carbonyl (C=O) groups is 2. The predicted octanol–water partition coefficient (Wildman–Crippen LogP) is 3.87. The second kappa shape index (κ2) is 11.0. The summed E-state index contributed by atoms with van der Waals surface area (Å²) in [5, 5.41) is 25.7. The average Bonchev–Trinajstić information content (AvgIpc) is 3.53. The Morgan fingerprint density at radius 1 is 1.21 bits per heavy atom. The Balaban J connectivity index is 1.76. The highest BCUT2D eigenvalue weighted by Crippen LogP contribution is 2.28. The van der Waals surface area contributed by atoms with Crippen molar-refractivity contribution in [2.24, 2.45) is 0 Å². The maximum atomic E-state index is 13.6. The number of amides is 2. The van der Waals surface area contributed by atoms with Crippen LogP contribution >= 0.6 is 15.9 Å². The number of aryl methyl sites for hydroxylation is 1. The van der Waals surface area contributed by atoms with Crippen LogP contribution < -0.4 is 10.6 Å². The fourth-order valence-electron chi connectivity index (χ4n) is 3.67. The van der Waals surface area contributed by atoms with E-state index < -0.39 is 23.7 Å². The lowest BCUT2D eigenvalue weighted by molar-refractivity contribution is -0.141. The summed E-state index contributed by atoms with van der Waals surface area (Å²) in [7, 11) is 0. The lowest BCUT2D eigenvalue weighted by Crippen LogP contribution is -2.26. The van der Waals surface area contributed by atoms with Crippen molar-refractivity contribution in [3.05, 3.63) is 81.0 Å². The summed E-state index contributed by atoms with van der Waals surface area (Å²) in [6.07, 6.45) is -2.45. The van der Waals surface area contributed by atoms with Crippen LogP contribution in [0.4, 0.5) is 18.9 Å². The van der Waals surface area contributed by atoms with Crippen LogP contribution in [0.3, 0.4) is 0 Å². The predicted molar refractivity (Wildman–Crippen MR) is 135 cm³/mol. The molecule has 1 aromatic carbocycles. The number of hydrogen-bond donors (Lipinski definition) is 2. The summed E-state index contributed by atoms with van der Waals surface area (Å²) in [5.74, 6) is -0.926. The maximum absolute atomic E-state index is 13.6. The molecular weight excluding hydrogens is 583 g/mol. The molecule has 200 valence electrons. The summed E-state index contributed by atoms with van der Waals surface area (Å²) in [5.41, 5.74) is -0.0110. The van der Waals surface area contributed by atoms with Gasteiger partial charge >= 0.3 is 6.18 Å². The van der Waals surface area contributed by atoms with E-state index in [1.807, 2.05) is 6.07 Å². The normalized spacial score (nSPS) is 11.2. The average molecular weight is 602 g/mol. The number of alkyl halides is 3. The fourth-order valence-corrected chi connectivity index (χ4v) is 4.09. The Labute approximate surface area is 227 Å². The number of halogens is 4. The Kier molecular flexibility index (Phi) is 7.77. The quantitative estimate of drug-likeness (QED) is 0.327. The zero-order chi connectivity index (χ0) is 28.3. The minimum Gasteiger partial charge on any atom is -0.352 e. The minimum atomic E-state index is -4.66. The number of rotatable bonds is 7. The number of pyridine rings is 1. The first-order valence-electron chi connectivity index (χ1n) is 11.3. The monoisotopic (exact) mass is 601 g/mol. The van der Waals surface area contributed by atoms with Crippen LogP contribution in [0.2, 0.25) is 0 Å². The molecule has 0 saturated carbocycles.